The van der Waals surface area contributed by atoms with Crippen LogP contribution in [0.3, 0.4) is 0 Å². The summed E-state index contributed by atoms with van der Waals surface area (Å²) in [5, 5.41) is 3.28. The monoisotopic (exact) mass is 239 g/mol. The first-order valence-corrected chi connectivity index (χ1v) is 6.93. The van der Waals surface area contributed by atoms with Crippen LogP contribution >= 0.6 is 11.3 Å². The molecule has 0 amide bonds. The smallest absolute Gasteiger partial charge is 0.109 e. The van der Waals surface area contributed by atoms with E-state index < -0.39 is 0 Å². The second-order valence-corrected chi connectivity index (χ2v) is 5.73. The molecule has 2 N–H and O–H groups in total. The molecule has 4 heteroatoms. The van der Waals surface area contributed by atoms with Gasteiger partial charge in [0.1, 0.15) is 5.01 Å². The van der Waals surface area contributed by atoms with Crippen LogP contribution in [0.15, 0.2) is 11.6 Å². The minimum Gasteiger partial charge on any atom is -0.330 e. The molecule has 0 aliphatic carbocycles. The van der Waals surface area contributed by atoms with Crippen LogP contribution in [0.5, 0.6) is 0 Å². The predicted molar refractivity (Wildman–Crippen MR) is 68.4 cm³/mol. The van der Waals surface area contributed by atoms with Gasteiger partial charge in [-0.15, -0.1) is 11.3 Å². The zero-order chi connectivity index (χ0) is 11.5. The number of hydrogen-bond acceptors (Lipinski definition) is 4. The zero-order valence-corrected chi connectivity index (χ0v) is 10.9. The van der Waals surface area contributed by atoms with Crippen molar-refractivity contribution in [3.05, 3.63) is 16.6 Å². The third kappa shape index (κ3) is 2.44. The topological polar surface area (TPSA) is 42.2 Å². The first-order chi connectivity index (χ1) is 7.72. The van der Waals surface area contributed by atoms with Gasteiger partial charge < -0.3 is 5.73 Å². The van der Waals surface area contributed by atoms with Crippen LogP contribution in [-0.4, -0.2) is 29.5 Å². The number of nitrogens with zero attached hydrogens (tertiary/aromatic N) is 2. The fourth-order valence-electron chi connectivity index (χ4n) is 2.43. The van der Waals surface area contributed by atoms with Gasteiger partial charge in [0.05, 0.1) is 6.04 Å². The van der Waals surface area contributed by atoms with E-state index in [-0.39, 0.29) is 0 Å². The van der Waals surface area contributed by atoms with Crippen molar-refractivity contribution in [2.24, 2.45) is 17.6 Å². The quantitative estimate of drug-likeness (QED) is 0.878. The third-order valence-electron chi connectivity index (χ3n) is 3.80. The molecule has 2 heterocycles. The third-order valence-corrected chi connectivity index (χ3v) is 4.75. The van der Waals surface area contributed by atoms with Crippen LogP contribution in [0.25, 0.3) is 0 Å². The summed E-state index contributed by atoms with van der Waals surface area (Å²) < 4.78 is 0. The Hall–Kier alpha value is -0.450. The van der Waals surface area contributed by atoms with Crippen molar-refractivity contribution in [1.29, 1.82) is 0 Å². The number of thiazole rings is 1. The molecule has 1 aliphatic rings. The Kier molecular flexibility index (Phi) is 3.95. The Balaban J connectivity index is 2.00. The van der Waals surface area contributed by atoms with Crippen LogP contribution in [-0.2, 0) is 0 Å². The van der Waals surface area contributed by atoms with Crippen LogP contribution in [0, 0.1) is 11.8 Å². The lowest BCUT2D eigenvalue weighted by atomic mass is 9.86. The van der Waals surface area contributed by atoms with E-state index in [4.69, 9.17) is 5.73 Å². The number of piperidine rings is 1. The SMILES string of the molecule is CC1CCN(C(C)c2nccs2)CC1CN. The van der Waals surface area contributed by atoms with Gasteiger partial charge >= 0.3 is 0 Å². The van der Waals surface area contributed by atoms with Crippen molar-refractivity contribution in [2.75, 3.05) is 19.6 Å². The van der Waals surface area contributed by atoms with Gasteiger partial charge in [-0.2, -0.15) is 0 Å². The van der Waals surface area contributed by atoms with Gasteiger partial charge in [0.2, 0.25) is 0 Å². The lowest BCUT2D eigenvalue weighted by Crippen LogP contribution is -2.43. The van der Waals surface area contributed by atoms with Crippen molar-refractivity contribution >= 4 is 11.3 Å². The van der Waals surface area contributed by atoms with E-state index in [0.717, 1.165) is 19.0 Å². The van der Waals surface area contributed by atoms with Gasteiger partial charge in [0.15, 0.2) is 0 Å². The summed E-state index contributed by atoms with van der Waals surface area (Å²) in [6.45, 7) is 7.68. The highest BCUT2D eigenvalue weighted by Gasteiger charge is 2.28. The second-order valence-electron chi connectivity index (χ2n) is 4.80. The Bertz CT molecular complexity index is 312. The molecule has 0 saturated carbocycles. The Morgan fingerprint density at radius 3 is 3.12 bits per heavy atom. The molecule has 1 saturated heterocycles. The number of rotatable bonds is 3. The van der Waals surface area contributed by atoms with Crippen molar-refractivity contribution in [3.8, 4) is 0 Å². The normalized spacial score (nSPS) is 29.2. The molecule has 1 aromatic heterocycles. The van der Waals surface area contributed by atoms with Crippen LogP contribution < -0.4 is 5.73 Å². The Morgan fingerprint density at radius 1 is 1.69 bits per heavy atom. The van der Waals surface area contributed by atoms with E-state index in [0.29, 0.717) is 12.0 Å². The second kappa shape index (κ2) is 5.25. The van der Waals surface area contributed by atoms with E-state index in [9.17, 15) is 0 Å². The minimum absolute atomic E-state index is 0.446. The number of hydrogen-bond donors (Lipinski definition) is 1. The molecular formula is C12H21N3S. The van der Waals surface area contributed by atoms with Gasteiger partial charge in [-0.25, -0.2) is 4.98 Å². The molecule has 0 spiro atoms. The van der Waals surface area contributed by atoms with Crippen LogP contribution in [0.1, 0.15) is 31.3 Å². The highest BCUT2D eigenvalue weighted by molar-refractivity contribution is 7.09. The zero-order valence-electron chi connectivity index (χ0n) is 10.1. The molecule has 2 rings (SSSR count). The van der Waals surface area contributed by atoms with Crippen molar-refractivity contribution in [1.82, 2.24) is 9.88 Å². The standard InChI is InChI=1S/C12H21N3S/c1-9-3-5-15(8-11(9)7-13)10(2)12-14-4-6-16-12/h4,6,9-11H,3,5,7-8,13H2,1-2H3. The summed E-state index contributed by atoms with van der Waals surface area (Å²) in [7, 11) is 0. The maximum absolute atomic E-state index is 5.84. The molecule has 0 bridgehead atoms. The molecule has 90 valence electrons. The maximum Gasteiger partial charge on any atom is 0.109 e. The highest BCUT2D eigenvalue weighted by atomic mass is 32.1. The molecule has 1 aromatic rings. The van der Waals surface area contributed by atoms with E-state index in [1.807, 2.05) is 6.20 Å². The summed E-state index contributed by atoms with van der Waals surface area (Å²) in [4.78, 5) is 6.93. The summed E-state index contributed by atoms with van der Waals surface area (Å²) >= 11 is 1.75. The Morgan fingerprint density at radius 2 is 2.50 bits per heavy atom. The van der Waals surface area contributed by atoms with Crippen molar-refractivity contribution in [2.45, 2.75) is 26.3 Å². The van der Waals surface area contributed by atoms with Gasteiger partial charge in [-0.05, 0) is 38.3 Å². The largest absolute Gasteiger partial charge is 0.330 e. The fourth-order valence-corrected chi connectivity index (χ4v) is 3.16. The summed E-state index contributed by atoms with van der Waals surface area (Å²) in [6.07, 6.45) is 3.15. The average molecular weight is 239 g/mol. The van der Waals surface area contributed by atoms with E-state index in [2.05, 4.69) is 29.1 Å². The molecule has 0 radical (unpaired) electrons. The number of likely N-dealkylation sites (tertiary alicyclic amines) is 1. The molecular weight excluding hydrogens is 218 g/mol. The first-order valence-electron chi connectivity index (χ1n) is 6.06. The van der Waals surface area contributed by atoms with E-state index in [1.54, 1.807) is 11.3 Å². The highest BCUT2D eigenvalue weighted by Crippen LogP contribution is 2.29. The molecule has 3 atom stereocenters. The predicted octanol–water partition coefficient (Wildman–Crippen LogP) is 2.12. The van der Waals surface area contributed by atoms with Crippen LogP contribution in [0.4, 0.5) is 0 Å². The molecule has 1 aliphatic heterocycles. The van der Waals surface area contributed by atoms with Gasteiger partial charge in [0, 0.05) is 18.1 Å². The fraction of sp³-hybridized carbons (Fsp3) is 0.750. The summed E-state index contributed by atoms with van der Waals surface area (Å²) in [6, 6.07) is 0.446. The van der Waals surface area contributed by atoms with E-state index >= 15 is 0 Å². The molecule has 1 fully saturated rings. The molecule has 16 heavy (non-hydrogen) atoms. The van der Waals surface area contributed by atoms with Crippen molar-refractivity contribution in [3.63, 3.8) is 0 Å². The van der Waals surface area contributed by atoms with Crippen LogP contribution in [0.2, 0.25) is 0 Å². The van der Waals surface area contributed by atoms with Gasteiger partial charge in [-0.3, -0.25) is 4.90 Å². The maximum atomic E-state index is 5.84. The lowest BCUT2D eigenvalue weighted by Gasteiger charge is -2.39. The van der Waals surface area contributed by atoms with Gasteiger partial charge in [0.25, 0.3) is 0 Å². The first kappa shape index (κ1) is 12.0. The minimum atomic E-state index is 0.446. The average Bonchev–Trinajstić information content (AvgIpc) is 2.82. The summed E-state index contributed by atoms with van der Waals surface area (Å²) in [5.74, 6) is 1.42. The lowest BCUT2D eigenvalue weighted by molar-refractivity contribution is 0.0977. The van der Waals surface area contributed by atoms with Gasteiger partial charge in [-0.1, -0.05) is 6.92 Å². The number of aromatic nitrogens is 1. The van der Waals surface area contributed by atoms with E-state index in [1.165, 1.54) is 18.0 Å². The number of nitrogens with two attached hydrogens (primary N) is 1. The summed E-state index contributed by atoms with van der Waals surface area (Å²) in [5.41, 5.74) is 5.84. The Labute approximate surface area is 102 Å². The molecule has 3 unspecified atom stereocenters. The molecule has 0 aromatic carbocycles. The molecule has 3 nitrogen and oxygen atoms in total. The van der Waals surface area contributed by atoms with Crippen molar-refractivity contribution < 1.29 is 0 Å².